The zero-order valence-corrected chi connectivity index (χ0v) is 13.0. The summed E-state index contributed by atoms with van der Waals surface area (Å²) in [7, 11) is 1.88. The van der Waals surface area contributed by atoms with E-state index in [1.807, 2.05) is 30.1 Å². The maximum Gasteiger partial charge on any atom is 0.222 e. The highest BCUT2D eigenvalue weighted by molar-refractivity contribution is 5.76. The van der Waals surface area contributed by atoms with Crippen LogP contribution >= 0.6 is 0 Å². The minimum atomic E-state index is 0.206. The van der Waals surface area contributed by atoms with Crippen LogP contribution in [0.15, 0.2) is 30.3 Å². The van der Waals surface area contributed by atoms with Crippen LogP contribution in [0.5, 0.6) is 0 Å². The highest BCUT2D eigenvalue weighted by atomic mass is 16.2. The van der Waals surface area contributed by atoms with E-state index in [2.05, 4.69) is 26.0 Å². The fraction of sp³-hybridized carbons (Fsp3) is 0.588. The number of hydrogen-bond acceptors (Lipinski definition) is 2. The van der Waals surface area contributed by atoms with Gasteiger partial charge in [-0.1, -0.05) is 44.2 Å². The molecule has 1 aromatic rings. The Morgan fingerprint density at radius 3 is 2.45 bits per heavy atom. The van der Waals surface area contributed by atoms with Gasteiger partial charge in [0.2, 0.25) is 5.91 Å². The first-order valence-corrected chi connectivity index (χ1v) is 7.50. The summed E-state index contributed by atoms with van der Waals surface area (Å²) in [5.41, 5.74) is 7.03. The molecule has 20 heavy (non-hydrogen) atoms. The highest BCUT2D eigenvalue weighted by Gasteiger charge is 2.16. The summed E-state index contributed by atoms with van der Waals surface area (Å²) in [6, 6.07) is 10.3. The molecule has 0 aliphatic carbocycles. The van der Waals surface area contributed by atoms with Crippen molar-refractivity contribution in [3.05, 3.63) is 35.9 Å². The van der Waals surface area contributed by atoms with Crippen molar-refractivity contribution < 1.29 is 4.79 Å². The molecule has 1 amide bonds. The van der Waals surface area contributed by atoms with Gasteiger partial charge in [-0.2, -0.15) is 0 Å². The number of hydrogen-bond donors (Lipinski definition) is 1. The molecule has 0 fully saturated rings. The van der Waals surface area contributed by atoms with Gasteiger partial charge in [-0.3, -0.25) is 4.79 Å². The summed E-state index contributed by atoms with van der Waals surface area (Å²) in [6.45, 7) is 5.71. The molecule has 0 heterocycles. The van der Waals surface area contributed by atoms with Gasteiger partial charge < -0.3 is 10.6 Å². The summed E-state index contributed by atoms with van der Waals surface area (Å²) >= 11 is 0. The van der Waals surface area contributed by atoms with Crippen molar-refractivity contribution in [1.82, 2.24) is 4.90 Å². The monoisotopic (exact) mass is 276 g/mol. The van der Waals surface area contributed by atoms with E-state index < -0.39 is 0 Å². The minimum Gasteiger partial charge on any atom is -0.345 e. The SMILES string of the molecule is CC(C)CC(CN)CC(=O)N(C)CCc1ccccc1. The Morgan fingerprint density at radius 2 is 1.90 bits per heavy atom. The van der Waals surface area contributed by atoms with Crippen molar-refractivity contribution in [2.75, 3.05) is 20.1 Å². The van der Waals surface area contributed by atoms with E-state index in [9.17, 15) is 4.79 Å². The Labute approximate surface area is 123 Å². The Bertz CT molecular complexity index is 389. The maximum absolute atomic E-state index is 12.2. The first-order chi connectivity index (χ1) is 9.52. The summed E-state index contributed by atoms with van der Waals surface area (Å²) < 4.78 is 0. The lowest BCUT2D eigenvalue weighted by Gasteiger charge is -2.22. The van der Waals surface area contributed by atoms with E-state index in [-0.39, 0.29) is 5.91 Å². The summed E-state index contributed by atoms with van der Waals surface area (Å²) in [5, 5.41) is 0. The first kappa shape index (κ1) is 16.7. The standard InChI is InChI=1S/C17H28N2O/c1-14(2)11-16(13-18)12-17(20)19(3)10-9-15-7-5-4-6-8-15/h4-8,14,16H,9-13,18H2,1-3H3. The molecule has 0 spiro atoms. The van der Waals surface area contributed by atoms with Gasteiger partial charge in [0.15, 0.2) is 0 Å². The number of carbonyl (C=O) groups is 1. The second kappa shape index (κ2) is 8.75. The van der Waals surface area contributed by atoms with E-state index in [0.717, 1.165) is 19.4 Å². The van der Waals surface area contributed by atoms with Crippen molar-refractivity contribution >= 4 is 5.91 Å². The molecule has 1 atom stereocenters. The lowest BCUT2D eigenvalue weighted by molar-refractivity contribution is -0.130. The van der Waals surface area contributed by atoms with Gasteiger partial charge in [-0.05, 0) is 36.8 Å². The van der Waals surface area contributed by atoms with Crippen molar-refractivity contribution in [3.63, 3.8) is 0 Å². The number of benzene rings is 1. The molecule has 0 saturated carbocycles. The average Bonchev–Trinajstić information content (AvgIpc) is 2.44. The van der Waals surface area contributed by atoms with Crippen LogP contribution in [0.1, 0.15) is 32.3 Å². The van der Waals surface area contributed by atoms with Crippen LogP contribution < -0.4 is 5.73 Å². The van der Waals surface area contributed by atoms with Crippen LogP contribution in [0.25, 0.3) is 0 Å². The third-order valence-electron chi connectivity index (χ3n) is 3.61. The van der Waals surface area contributed by atoms with E-state index >= 15 is 0 Å². The normalized spacial score (nSPS) is 12.4. The van der Waals surface area contributed by atoms with E-state index in [1.54, 1.807) is 0 Å². The van der Waals surface area contributed by atoms with Crippen LogP contribution in [0.3, 0.4) is 0 Å². The molecule has 2 N–H and O–H groups in total. The molecule has 3 heteroatoms. The van der Waals surface area contributed by atoms with E-state index in [1.165, 1.54) is 5.56 Å². The Hall–Kier alpha value is -1.35. The van der Waals surface area contributed by atoms with Gasteiger partial charge in [0, 0.05) is 20.0 Å². The van der Waals surface area contributed by atoms with E-state index in [0.29, 0.717) is 24.8 Å². The Morgan fingerprint density at radius 1 is 1.25 bits per heavy atom. The van der Waals surface area contributed by atoms with Crippen LogP contribution in [0.2, 0.25) is 0 Å². The predicted molar refractivity (Wildman–Crippen MR) is 84.4 cm³/mol. The number of nitrogens with zero attached hydrogens (tertiary/aromatic N) is 1. The molecule has 1 aromatic carbocycles. The van der Waals surface area contributed by atoms with Crippen LogP contribution in [-0.2, 0) is 11.2 Å². The third-order valence-corrected chi connectivity index (χ3v) is 3.61. The first-order valence-electron chi connectivity index (χ1n) is 7.50. The van der Waals surface area contributed by atoms with Gasteiger partial charge in [-0.15, -0.1) is 0 Å². The smallest absolute Gasteiger partial charge is 0.222 e. The number of nitrogens with two attached hydrogens (primary N) is 1. The molecule has 0 bridgehead atoms. The topological polar surface area (TPSA) is 46.3 Å². The quantitative estimate of drug-likeness (QED) is 0.793. The Kier molecular flexibility index (Phi) is 7.31. The molecule has 112 valence electrons. The van der Waals surface area contributed by atoms with Gasteiger partial charge in [0.05, 0.1) is 0 Å². The second-order valence-electron chi connectivity index (χ2n) is 5.99. The van der Waals surface area contributed by atoms with E-state index in [4.69, 9.17) is 5.73 Å². The predicted octanol–water partition coefficient (Wildman–Crippen LogP) is 2.70. The molecular weight excluding hydrogens is 248 g/mol. The fourth-order valence-electron chi connectivity index (χ4n) is 2.40. The molecule has 0 radical (unpaired) electrons. The van der Waals surface area contributed by atoms with Gasteiger partial charge in [0.1, 0.15) is 0 Å². The maximum atomic E-state index is 12.2. The Balaban J connectivity index is 2.38. The molecule has 0 aromatic heterocycles. The number of rotatable bonds is 8. The largest absolute Gasteiger partial charge is 0.345 e. The van der Waals surface area contributed by atoms with Gasteiger partial charge in [0.25, 0.3) is 0 Å². The van der Waals surface area contributed by atoms with Crippen LogP contribution in [-0.4, -0.2) is 30.9 Å². The molecule has 1 unspecified atom stereocenters. The summed E-state index contributed by atoms with van der Waals surface area (Å²) in [6.07, 6.45) is 2.50. The van der Waals surface area contributed by atoms with Crippen LogP contribution in [0, 0.1) is 11.8 Å². The van der Waals surface area contributed by atoms with Crippen molar-refractivity contribution in [2.45, 2.75) is 33.1 Å². The molecule has 1 rings (SSSR count). The molecule has 3 nitrogen and oxygen atoms in total. The number of carbonyl (C=O) groups excluding carboxylic acids is 1. The van der Waals surface area contributed by atoms with Gasteiger partial charge >= 0.3 is 0 Å². The average molecular weight is 276 g/mol. The molecule has 0 aliphatic rings. The zero-order chi connectivity index (χ0) is 15.0. The lowest BCUT2D eigenvalue weighted by atomic mass is 9.94. The lowest BCUT2D eigenvalue weighted by Crippen LogP contribution is -2.32. The van der Waals surface area contributed by atoms with Crippen molar-refractivity contribution in [1.29, 1.82) is 0 Å². The molecule has 0 aliphatic heterocycles. The summed E-state index contributed by atoms with van der Waals surface area (Å²) in [4.78, 5) is 14.0. The minimum absolute atomic E-state index is 0.206. The van der Waals surface area contributed by atoms with Gasteiger partial charge in [-0.25, -0.2) is 0 Å². The zero-order valence-electron chi connectivity index (χ0n) is 13.0. The van der Waals surface area contributed by atoms with Crippen molar-refractivity contribution in [3.8, 4) is 0 Å². The number of likely N-dealkylation sites (N-methyl/N-ethyl adjacent to an activating group) is 1. The highest BCUT2D eigenvalue weighted by Crippen LogP contribution is 2.15. The molecular formula is C17H28N2O. The third kappa shape index (κ3) is 6.20. The van der Waals surface area contributed by atoms with Crippen LogP contribution in [0.4, 0.5) is 0 Å². The second-order valence-corrected chi connectivity index (χ2v) is 5.99. The number of amides is 1. The summed E-state index contributed by atoms with van der Waals surface area (Å²) in [5.74, 6) is 1.10. The molecule has 0 saturated heterocycles. The van der Waals surface area contributed by atoms with Crippen molar-refractivity contribution in [2.24, 2.45) is 17.6 Å². The fourth-order valence-corrected chi connectivity index (χ4v) is 2.40.